The van der Waals surface area contributed by atoms with Crippen molar-refractivity contribution in [2.24, 2.45) is 0 Å². The number of fused-ring (bicyclic) bond motifs is 2. The minimum atomic E-state index is -0.0947. The van der Waals surface area contributed by atoms with Crippen LogP contribution >= 0.6 is 11.8 Å². The van der Waals surface area contributed by atoms with Gasteiger partial charge in [0.05, 0.1) is 42.0 Å². The van der Waals surface area contributed by atoms with E-state index in [0.717, 1.165) is 37.2 Å². The average molecular weight is 452 g/mol. The number of rotatable bonds is 6. The van der Waals surface area contributed by atoms with E-state index in [9.17, 15) is 9.59 Å². The van der Waals surface area contributed by atoms with Crippen molar-refractivity contribution in [1.82, 2.24) is 14.9 Å². The number of carbonyl (C=O) groups excluding carboxylic acids is 1. The van der Waals surface area contributed by atoms with Crippen molar-refractivity contribution in [2.75, 3.05) is 19.0 Å². The number of benzene rings is 2. The molecule has 3 heterocycles. The molecular weight excluding hydrogens is 426 g/mol. The Morgan fingerprint density at radius 2 is 1.97 bits per heavy atom. The van der Waals surface area contributed by atoms with Gasteiger partial charge in [-0.3, -0.25) is 14.2 Å². The summed E-state index contributed by atoms with van der Waals surface area (Å²) in [4.78, 5) is 30.7. The predicted octanol–water partition coefficient (Wildman–Crippen LogP) is 3.31. The quantitative estimate of drug-likeness (QED) is 0.457. The molecule has 2 atom stereocenters. The zero-order chi connectivity index (χ0) is 21.9. The van der Waals surface area contributed by atoms with E-state index in [0.29, 0.717) is 29.2 Å². The summed E-state index contributed by atoms with van der Waals surface area (Å²) in [7, 11) is 0. The van der Waals surface area contributed by atoms with Gasteiger partial charge in [0.1, 0.15) is 5.75 Å². The Labute approximate surface area is 190 Å². The van der Waals surface area contributed by atoms with Gasteiger partial charge in [0.15, 0.2) is 5.16 Å². The van der Waals surface area contributed by atoms with E-state index in [-0.39, 0.29) is 29.4 Å². The molecular formula is C24H25N3O4S. The number of aromatic nitrogens is 2. The molecule has 1 amide bonds. The van der Waals surface area contributed by atoms with Crippen LogP contribution in [0, 0.1) is 0 Å². The van der Waals surface area contributed by atoms with Crippen LogP contribution in [-0.4, -0.2) is 40.5 Å². The Morgan fingerprint density at radius 3 is 2.84 bits per heavy atom. The highest BCUT2D eigenvalue weighted by Crippen LogP contribution is 2.31. The molecule has 7 nitrogen and oxygen atoms in total. The van der Waals surface area contributed by atoms with Gasteiger partial charge in [0.2, 0.25) is 5.91 Å². The molecule has 5 rings (SSSR count). The minimum absolute atomic E-state index is 0.00239. The molecule has 0 spiro atoms. The Bertz CT molecular complexity index is 1190. The minimum Gasteiger partial charge on any atom is -0.493 e. The molecule has 8 heteroatoms. The maximum absolute atomic E-state index is 13.2. The van der Waals surface area contributed by atoms with Gasteiger partial charge in [-0.25, -0.2) is 4.98 Å². The topological polar surface area (TPSA) is 82.5 Å². The van der Waals surface area contributed by atoms with Gasteiger partial charge in [-0.05, 0) is 31.0 Å². The molecule has 0 saturated carbocycles. The third-order valence-corrected chi connectivity index (χ3v) is 6.84. The first-order chi connectivity index (χ1) is 15.7. The molecule has 3 aromatic rings. The molecule has 0 radical (unpaired) electrons. The molecule has 1 N–H and O–H groups in total. The molecule has 0 aliphatic carbocycles. The number of nitrogens with zero attached hydrogens (tertiary/aromatic N) is 2. The lowest BCUT2D eigenvalue weighted by atomic mass is 10.0. The fraction of sp³-hybridized carbons (Fsp3) is 0.375. The van der Waals surface area contributed by atoms with Crippen LogP contribution in [0.5, 0.6) is 5.75 Å². The highest BCUT2D eigenvalue weighted by Gasteiger charge is 2.24. The summed E-state index contributed by atoms with van der Waals surface area (Å²) in [5.74, 6) is 0.900. The maximum Gasteiger partial charge on any atom is 0.262 e. The first kappa shape index (κ1) is 21.0. The largest absolute Gasteiger partial charge is 0.493 e. The van der Waals surface area contributed by atoms with Crippen molar-refractivity contribution in [3.63, 3.8) is 0 Å². The molecule has 2 aliphatic heterocycles. The van der Waals surface area contributed by atoms with Crippen molar-refractivity contribution in [2.45, 2.75) is 43.1 Å². The SMILES string of the molecule is O=C(CSc1nc2ccccc2c(=O)n1C[C@@H]1CCCO1)N[C@H]1CCOc2ccccc21. The van der Waals surface area contributed by atoms with E-state index in [1.165, 1.54) is 11.8 Å². The van der Waals surface area contributed by atoms with Crippen LogP contribution in [0.25, 0.3) is 10.9 Å². The molecule has 166 valence electrons. The third-order valence-electron chi connectivity index (χ3n) is 5.86. The molecule has 0 unspecified atom stereocenters. The lowest BCUT2D eigenvalue weighted by Crippen LogP contribution is -2.33. The van der Waals surface area contributed by atoms with Crippen LogP contribution < -0.4 is 15.6 Å². The number of amides is 1. The lowest BCUT2D eigenvalue weighted by molar-refractivity contribution is -0.119. The number of carbonyl (C=O) groups is 1. The van der Waals surface area contributed by atoms with Crippen LogP contribution in [0.4, 0.5) is 0 Å². The Kier molecular flexibility index (Phi) is 6.14. The van der Waals surface area contributed by atoms with Gasteiger partial charge < -0.3 is 14.8 Å². The van der Waals surface area contributed by atoms with Crippen LogP contribution in [0.3, 0.4) is 0 Å². The van der Waals surface area contributed by atoms with Crippen molar-refractivity contribution in [1.29, 1.82) is 0 Å². The number of para-hydroxylation sites is 2. The second-order valence-corrected chi connectivity index (χ2v) is 8.99. The third kappa shape index (κ3) is 4.38. The van der Waals surface area contributed by atoms with Gasteiger partial charge in [0, 0.05) is 18.6 Å². The maximum atomic E-state index is 13.2. The molecule has 0 bridgehead atoms. The summed E-state index contributed by atoms with van der Waals surface area (Å²) in [5.41, 5.74) is 1.55. The van der Waals surface area contributed by atoms with Crippen LogP contribution in [-0.2, 0) is 16.1 Å². The van der Waals surface area contributed by atoms with Gasteiger partial charge >= 0.3 is 0 Å². The summed E-state index contributed by atoms with van der Waals surface area (Å²) >= 11 is 1.29. The van der Waals surface area contributed by atoms with E-state index in [1.54, 1.807) is 10.6 Å². The zero-order valence-electron chi connectivity index (χ0n) is 17.7. The zero-order valence-corrected chi connectivity index (χ0v) is 18.5. The summed E-state index contributed by atoms with van der Waals surface area (Å²) in [6, 6.07) is 15.0. The number of nitrogens with one attached hydrogen (secondary N) is 1. The normalized spacial score (nSPS) is 20.0. The standard InChI is InChI=1S/C24H25N3O4S/c28-22(25-20-11-13-31-21-10-4-2-7-17(20)21)15-32-24-26-19-9-3-1-8-18(19)23(29)27(24)14-16-6-5-12-30-16/h1-4,7-10,16,20H,5-6,11-15H2,(H,25,28)/t16-,20-/m0/s1. The molecule has 32 heavy (non-hydrogen) atoms. The van der Waals surface area contributed by atoms with Crippen molar-refractivity contribution >= 4 is 28.6 Å². The number of ether oxygens (including phenoxy) is 2. The van der Waals surface area contributed by atoms with Crippen LogP contribution in [0.15, 0.2) is 58.5 Å². The predicted molar refractivity (Wildman–Crippen MR) is 123 cm³/mol. The fourth-order valence-electron chi connectivity index (χ4n) is 4.27. The molecule has 1 aromatic heterocycles. The lowest BCUT2D eigenvalue weighted by Gasteiger charge is -2.26. The van der Waals surface area contributed by atoms with E-state index >= 15 is 0 Å². The van der Waals surface area contributed by atoms with E-state index in [1.807, 2.05) is 42.5 Å². The highest BCUT2D eigenvalue weighted by molar-refractivity contribution is 7.99. The Morgan fingerprint density at radius 1 is 1.12 bits per heavy atom. The monoisotopic (exact) mass is 451 g/mol. The summed E-state index contributed by atoms with van der Waals surface area (Å²) in [5, 5.41) is 4.24. The van der Waals surface area contributed by atoms with Gasteiger partial charge in [-0.1, -0.05) is 42.1 Å². The number of hydrogen-bond acceptors (Lipinski definition) is 6. The van der Waals surface area contributed by atoms with Crippen LogP contribution in [0.2, 0.25) is 0 Å². The Hall–Kier alpha value is -2.84. The Balaban J connectivity index is 1.34. The molecule has 2 aliphatic rings. The molecule has 2 aromatic carbocycles. The van der Waals surface area contributed by atoms with Crippen molar-refractivity contribution < 1.29 is 14.3 Å². The van der Waals surface area contributed by atoms with E-state index < -0.39 is 0 Å². The second-order valence-electron chi connectivity index (χ2n) is 8.05. The summed E-state index contributed by atoms with van der Waals surface area (Å²) in [6.07, 6.45) is 2.65. The highest BCUT2D eigenvalue weighted by atomic mass is 32.2. The number of hydrogen-bond donors (Lipinski definition) is 1. The first-order valence-electron chi connectivity index (χ1n) is 10.9. The first-order valence-corrected chi connectivity index (χ1v) is 11.9. The van der Waals surface area contributed by atoms with Gasteiger partial charge in [-0.2, -0.15) is 0 Å². The second kappa shape index (κ2) is 9.34. The summed E-state index contributed by atoms with van der Waals surface area (Å²) in [6.45, 7) is 1.74. The van der Waals surface area contributed by atoms with E-state index in [4.69, 9.17) is 14.5 Å². The van der Waals surface area contributed by atoms with Gasteiger partial charge in [0.25, 0.3) is 5.56 Å². The average Bonchev–Trinajstić information content (AvgIpc) is 3.33. The van der Waals surface area contributed by atoms with E-state index in [2.05, 4.69) is 5.32 Å². The van der Waals surface area contributed by atoms with Crippen LogP contribution in [0.1, 0.15) is 30.9 Å². The van der Waals surface area contributed by atoms with Crippen molar-refractivity contribution in [3.8, 4) is 5.75 Å². The molecule has 1 fully saturated rings. The van der Waals surface area contributed by atoms with Gasteiger partial charge in [-0.15, -0.1) is 0 Å². The molecule has 1 saturated heterocycles. The smallest absolute Gasteiger partial charge is 0.262 e. The summed E-state index contributed by atoms with van der Waals surface area (Å²) < 4.78 is 13.1. The van der Waals surface area contributed by atoms with Crippen molar-refractivity contribution in [3.05, 3.63) is 64.4 Å². The number of thioether (sulfide) groups is 1. The fourth-order valence-corrected chi connectivity index (χ4v) is 5.09.